The van der Waals surface area contributed by atoms with Gasteiger partial charge in [-0.2, -0.15) is 0 Å². The molecule has 4 heteroatoms. The lowest BCUT2D eigenvalue weighted by atomic mass is 10.2. The van der Waals surface area contributed by atoms with Crippen LogP contribution < -0.4 is 5.32 Å². The van der Waals surface area contributed by atoms with Crippen LogP contribution in [0.3, 0.4) is 0 Å². The van der Waals surface area contributed by atoms with Gasteiger partial charge in [0.1, 0.15) is 0 Å². The lowest BCUT2D eigenvalue weighted by molar-refractivity contribution is -0.123. The molecule has 94 valence electrons. The molecule has 0 aromatic rings. The number of hydrogen-bond donors (Lipinski definition) is 1. The van der Waals surface area contributed by atoms with E-state index in [-0.39, 0.29) is 11.8 Å². The highest BCUT2D eigenvalue weighted by Gasteiger charge is 2.09. The van der Waals surface area contributed by atoms with E-state index in [9.17, 15) is 4.79 Å². The summed E-state index contributed by atoms with van der Waals surface area (Å²) in [6.45, 7) is 9.61. The van der Waals surface area contributed by atoms with Crippen molar-refractivity contribution in [2.45, 2.75) is 26.7 Å². The summed E-state index contributed by atoms with van der Waals surface area (Å²) in [5.41, 5.74) is 0. The topological polar surface area (TPSA) is 41.6 Å². The third kappa shape index (κ3) is 5.47. The number of carbonyl (C=O) groups is 1. The number of nitrogens with zero attached hydrogens (tertiary/aromatic N) is 1. The van der Waals surface area contributed by atoms with Crippen molar-refractivity contribution < 1.29 is 9.53 Å². The second-order valence-electron chi connectivity index (χ2n) is 4.61. The Morgan fingerprint density at radius 2 is 2.00 bits per heavy atom. The van der Waals surface area contributed by atoms with Gasteiger partial charge in [-0.15, -0.1) is 0 Å². The van der Waals surface area contributed by atoms with Crippen LogP contribution in [0.25, 0.3) is 0 Å². The van der Waals surface area contributed by atoms with Crippen LogP contribution in [0, 0.1) is 5.92 Å². The second-order valence-corrected chi connectivity index (χ2v) is 4.61. The molecule has 0 bridgehead atoms. The van der Waals surface area contributed by atoms with Crippen LogP contribution in [-0.4, -0.2) is 50.2 Å². The van der Waals surface area contributed by atoms with Crippen LogP contribution in [0.4, 0.5) is 0 Å². The number of unbranched alkanes of at least 4 members (excludes halogenated alkanes) is 1. The van der Waals surface area contributed by atoms with Gasteiger partial charge in [-0.25, -0.2) is 0 Å². The lowest BCUT2D eigenvalue weighted by Gasteiger charge is -2.26. The van der Waals surface area contributed by atoms with Gasteiger partial charge in [-0.3, -0.25) is 9.69 Å². The molecule has 1 aliphatic rings. The Balaban J connectivity index is 1.93. The van der Waals surface area contributed by atoms with Gasteiger partial charge in [-0.05, 0) is 19.4 Å². The Morgan fingerprint density at radius 3 is 2.62 bits per heavy atom. The van der Waals surface area contributed by atoms with Crippen LogP contribution in [-0.2, 0) is 9.53 Å². The monoisotopic (exact) mass is 228 g/mol. The zero-order valence-electron chi connectivity index (χ0n) is 10.5. The summed E-state index contributed by atoms with van der Waals surface area (Å²) in [6, 6.07) is 0. The summed E-state index contributed by atoms with van der Waals surface area (Å²) >= 11 is 0. The molecule has 0 aromatic heterocycles. The predicted molar refractivity (Wildman–Crippen MR) is 64.3 cm³/mol. The second kappa shape index (κ2) is 7.63. The van der Waals surface area contributed by atoms with Crippen LogP contribution in [0.5, 0.6) is 0 Å². The van der Waals surface area contributed by atoms with Gasteiger partial charge >= 0.3 is 0 Å². The molecule has 1 aliphatic heterocycles. The highest BCUT2D eigenvalue weighted by Crippen LogP contribution is 1.99. The van der Waals surface area contributed by atoms with Crippen LogP contribution in [0.2, 0.25) is 0 Å². The summed E-state index contributed by atoms with van der Waals surface area (Å²) in [4.78, 5) is 13.7. The average Bonchev–Trinajstić information content (AvgIpc) is 2.29. The fourth-order valence-electron chi connectivity index (χ4n) is 1.70. The Morgan fingerprint density at radius 1 is 1.31 bits per heavy atom. The van der Waals surface area contributed by atoms with E-state index in [1.165, 1.54) is 0 Å². The molecule has 0 atom stereocenters. The summed E-state index contributed by atoms with van der Waals surface area (Å²) in [7, 11) is 0. The summed E-state index contributed by atoms with van der Waals surface area (Å²) in [5, 5.41) is 2.94. The van der Waals surface area contributed by atoms with E-state index in [2.05, 4.69) is 10.2 Å². The number of nitrogens with one attached hydrogen (secondary N) is 1. The maximum atomic E-state index is 11.3. The first-order valence-corrected chi connectivity index (χ1v) is 6.28. The molecular weight excluding hydrogens is 204 g/mol. The average molecular weight is 228 g/mol. The fraction of sp³-hybridized carbons (Fsp3) is 0.917. The molecule has 1 heterocycles. The lowest BCUT2D eigenvalue weighted by Crippen LogP contribution is -2.37. The molecule has 1 fully saturated rings. The minimum atomic E-state index is 0.0965. The SMILES string of the molecule is CC(C)C(=O)NCCCCN1CCOCC1. The number of hydrogen-bond acceptors (Lipinski definition) is 3. The van der Waals surface area contributed by atoms with Crippen molar-refractivity contribution in [3.8, 4) is 0 Å². The minimum Gasteiger partial charge on any atom is -0.379 e. The first-order chi connectivity index (χ1) is 7.70. The van der Waals surface area contributed by atoms with Gasteiger partial charge in [0.25, 0.3) is 0 Å². The zero-order valence-corrected chi connectivity index (χ0v) is 10.5. The van der Waals surface area contributed by atoms with Gasteiger partial charge in [-0.1, -0.05) is 13.8 Å². The third-order valence-corrected chi connectivity index (χ3v) is 2.83. The Hall–Kier alpha value is -0.610. The molecule has 0 aromatic carbocycles. The smallest absolute Gasteiger partial charge is 0.222 e. The number of ether oxygens (including phenoxy) is 1. The molecule has 4 nitrogen and oxygen atoms in total. The molecule has 1 N–H and O–H groups in total. The van der Waals surface area contributed by atoms with Crippen molar-refractivity contribution in [3.05, 3.63) is 0 Å². The molecule has 1 saturated heterocycles. The van der Waals surface area contributed by atoms with Crippen LogP contribution in [0.1, 0.15) is 26.7 Å². The van der Waals surface area contributed by atoms with Crippen molar-refractivity contribution >= 4 is 5.91 Å². The summed E-state index contributed by atoms with van der Waals surface area (Å²) in [5.74, 6) is 0.255. The predicted octanol–water partition coefficient (Wildman–Crippen LogP) is 0.871. The summed E-state index contributed by atoms with van der Waals surface area (Å²) < 4.78 is 5.29. The quantitative estimate of drug-likeness (QED) is 0.686. The highest BCUT2D eigenvalue weighted by molar-refractivity contribution is 5.77. The van der Waals surface area contributed by atoms with Crippen molar-refractivity contribution in [2.24, 2.45) is 5.92 Å². The first-order valence-electron chi connectivity index (χ1n) is 6.28. The number of carbonyl (C=O) groups excluding carboxylic acids is 1. The Labute approximate surface area is 98.3 Å². The highest BCUT2D eigenvalue weighted by atomic mass is 16.5. The number of rotatable bonds is 6. The van der Waals surface area contributed by atoms with Crippen LogP contribution in [0.15, 0.2) is 0 Å². The molecule has 0 radical (unpaired) electrons. The van der Waals surface area contributed by atoms with E-state index in [1.807, 2.05) is 13.8 Å². The summed E-state index contributed by atoms with van der Waals surface area (Å²) in [6.07, 6.45) is 2.22. The van der Waals surface area contributed by atoms with Crippen LogP contribution >= 0.6 is 0 Å². The van der Waals surface area contributed by atoms with E-state index in [0.717, 1.165) is 52.2 Å². The van der Waals surface area contributed by atoms with Gasteiger partial charge < -0.3 is 10.1 Å². The van der Waals surface area contributed by atoms with Crippen molar-refractivity contribution in [3.63, 3.8) is 0 Å². The number of amides is 1. The molecule has 0 unspecified atom stereocenters. The van der Waals surface area contributed by atoms with E-state index in [4.69, 9.17) is 4.74 Å². The van der Waals surface area contributed by atoms with E-state index >= 15 is 0 Å². The number of morpholine rings is 1. The molecule has 0 spiro atoms. The van der Waals surface area contributed by atoms with Crippen molar-refractivity contribution in [1.29, 1.82) is 0 Å². The largest absolute Gasteiger partial charge is 0.379 e. The van der Waals surface area contributed by atoms with E-state index < -0.39 is 0 Å². The van der Waals surface area contributed by atoms with E-state index in [1.54, 1.807) is 0 Å². The van der Waals surface area contributed by atoms with Gasteiger partial charge in [0.05, 0.1) is 13.2 Å². The molecule has 16 heavy (non-hydrogen) atoms. The minimum absolute atomic E-state index is 0.0965. The first kappa shape index (κ1) is 13.5. The molecular formula is C12H24N2O2. The third-order valence-electron chi connectivity index (χ3n) is 2.83. The van der Waals surface area contributed by atoms with Gasteiger partial charge in [0, 0.05) is 25.6 Å². The molecule has 0 aliphatic carbocycles. The zero-order chi connectivity index (χ0) is 11.8. The normalized spacial score (nSPS) is 17.7. The fourth-order valence-corrected chi connectivity index (χ4v) is 1.70. The standard InChI is InChI=1S/C12H24N2O2/c1-11(2)12(15)13-5-3-4-6-14-7-9-16-10-8-14/h11H,3-10H2,1-2H3,(H,13,15). The van der Waals surface area contributed by atoms with E-state index in [0.29, 0.717) is 0 Å². The Kier molecular flexibility index (Phi) is 6.42. The molecule has 1 rings (SSSR count). The van der Waals surface area contributed by atoms with Gasteiger partial charge in [0.15, 0.2) is 0 Å². The van der Waals surface area contributed by atoms with Crippen molar-refractivity contribution in [1.82, 2.24) is 10.2 Å². The Bertz CT molecular complexity index is 201. The van der Waals surface area contributed by atoms with Crippen molar-refractivity contribution in [2.75, 3.05) is 39.4 Å². The maximum Gasteiger partial charge on any atom is 0.222 e. The maximum absolute atomic E-state index is 11.3. The molecule has 1 amide bonds. The molecule has 0 saturated carbocycles. The van der Waals surface area contributed by atoms with Gasteiger partial charge in [0.2, 0.25) is 5.91 Å².